The second-order valence-electron chi connectivity index (χ2n) is 9.45. The number of likely N-dealkylation sites (tertiary alicyclic amines) is 1. The van der Waals surface area contributed by atoms with Crippen molar-refractivity contribution in [1.29, 1.82) is 5.26 Å². The Morgan fingerprint density at radius 3 is 2.79 bits per heavy atom. The van der Waals surface area contributed by atoms with Gasteiger partial charge in [-0.15, -0.1) is 11.3 Å². The lowest BCUT2D eigenvalue weighted by Crippen LogP contribution is -2.58. The van der Waals surface area contributed by atoms with Gasteiger partial charge in [0, 0.05) is 47.4 Å². The minimum absolute atomic E-state index is 0.187. The molecule has 34 heavy (non-hydrogen) atoms. The number of thiophene rings is 1. The fourth-order valence-electron chi connectivity index (χ4n) is 5.35. The summed E-state index contributed by atoms with van der Waals surface area (Å²) in [6.45, 7) is 4.53. The quantitative estimate of drug-likeness (QED) is 0.450. The van der Waals surface area contributed by atoms with E-state index in [2.05, 4.69) is 43.0 Å². The average Bonchev–Trinajstić information content (AvgIpc) is 3.46. The molecule has 2 fully saturated rings. The van der Waals surface area contributed by atoms with Crippen LogP contribution in [0.15, 0.2) is 36.7 Å². The summed E-state index contributed by atoms with van der Waals surface area (Å²) >= 11 is 1.09. The van der Waals surface area contributed by atoms with E-state index in [1.54, 1.807) is 6.07 Å². The molecular weight excluding hydrogens is 461 g/mol. The van der Waals surface area contributed by atoms with Crippen LogP contribution in [0.2, 0.25) is 0 Å². The van der Waals surface area contributed by atoms with Crippen LogP contribution in [-0.2, 0) is 13.0 Å². The Morgan fingerprint density at radius 1 is 1.15 bits per heavy atom. The summed E-state index contributed by atoms with van der Waals surface area (Å²) in [6, 6.07) is 11.9. The van der Waals surface area contributed by atoms with E-state index in [0.717, 1.165) is 67.2 Å². The molecule has 3 aromatic heterocycles. The molecule has 0 amide bonds. The van der Waals surface area contributed by atoms with Crippen LogP contribution in [0, 0.1) is 16.7 Å². The Kier molecular flexibility index (Phi) is 4.83. The molecule has 0 bridgehead atoms. The molecule has 0 saturated carbocycles. The lowest BCUT2D eigenvalue weighted by Gasteiger charge is -2.49. The van der Waals surface area contributed by atoms with Crippen LogP contribution >= 0.6 is 11.3 Å². The summed E-state index contributed by atoms with van der Waals surface area (Å²) in [7, 11) is 0. The Bertz CT molecular complexity index is 1430. The minimum Gasteiger partial charge on any atom is -0.355 e. The van der Waals surface area contributed by atoms with Crippen molar-refractivity contribution in [3.05, 3.63) is 52.8 Å². The number of nitrogens with zero attached hydrogens (tertiary/aromatic N) is 5. The minimum atomic E-state index is -4.23. The summed E-state index contributed by atoms with van der Waals surface area (Å²) in [5.41, 5.74) is 2.94. The number of halogens is 3. The predicted octanol–water partition coefficient (Wildman–Crippen LogP) is 4.86. The third kappa shape index (κ3) is 3.89. The second kappa shape index (κ2) is 7.68. The number of benzene rings is 1. The van der Waals surface area contributed by atoms with E-state index < -0.39 is 12.6 Å². The van der Waals surface area contributed by atoms with Gasteiger partial charge < -0.3 is 9.88 Å². The molecule has 5 heterocycles. The van der Waals surface area contributed by atoms with Gasteiger partial charge in [0.2, 0.25) is 0 Å². The predicted molar refractivity (Wildman–Crippen MR) is 125 cm³/mol. The number of hydrogen-bond donors (Lipinski definition) is 1. The van der Waals surface area contributed by atoms with Crippen molar-refractivity contribution in [3.63, 3.8) is 0 Å². The highest BCUT2D eigenvalue weighted by Crippen LogP contribution is 2.44. The highest BCUT2D eigenvalue weighted by atomic mass is 32.1. The normalized spacial score (nSPS) is 18.1. The zero-order valence-corrected chi connectivity index (χ0v) is 19.0. The van der Waals surface area contributed by atoms with Crippen molar-refractivity contribution in [3.8, 4) is 6.07 Å². The maximum atomic E-state index is 12.8. The SMILES string of the molecule is N#Cc1cc2ccc(CN3CCC4(C3)CN(c3ncnc5sc(CC(F)(F)F)cc35)C4)cc2[nH]1. The molecule has 174 valence electrons. The van der Waals surface area contributed by atoms with Crippen molar-refractivity contribution in [2.75, 3.05) is 31.1 Å². The summed E-state index contributed by atoms with van der Waals surface area (Å²) in [6.07, 6.45) is -2.62. The van der Waals surface area contributed by atoms with Crippen LogP contribution in [0.5, 0.6) is 0 Å². The van der Waals surface area contributed by atoms with E-state index in [4.69, 9.17) is 5.26 Å². The van der Waals surface area contributed by atoms with E-state index in [-0.39, 0.29) is 10.3 Å². The topological polar surface area (TPSA) is 71.8 Å². The third-order valence-electron chi connectivity index (χ3n) is 6.82. The standard InChI is InChI=1S/C24H21F3N6S/c25-24(26,27)8-18-7-19-21(29-14-30-22(19)34-18)33-12-23(13-33)3-4-32(11-23)10-15-1-2-16-6-17(9-28)31-20(16)5-15/h1-2,5-7,14,31H,3-4,8,10-13H2. The molecule has 1 spiro atoms. The van der Waals surface area contributed by atoms with E-state index >= 15 is 0 Å². The molecule has 2 saturated heterocycles. The highest BCUT2D eigenvalue weighted by Gasteiger charge is 2.48. The van der Waals surface area contributed by atoms with Gasteiger partial charge in [-0.25, -0.2) is 9.97 Å². The summed E-state index contributed by atoms with van der Waals surface area (Å²) in [5.74, 6) is 0.740. The van der Waals surface area contributed by atoms with E-state index in [9.17, 15) is 13.2 Å². The number of aromatic nitrogens is 3. The van der Waals surface area contributed by atoms with Gasteiger partial charge in [0.1, 0.15) is 28.7 Å². The van der Waals surface area contributed by atoms with Crippen molar-refractivity contribution in [1.82, 2.24) is 19.9 Å². The van der Waals surface area contributed by atoms with Crippen LogP contribution in [0.25, 0.3) is 21.1 Å². The number of fused-ring (bicyclic) bond motifs is 2. The molecule has 0 radical (unpaired) electrons. The number of H-pyrrole nitrogens is 1. The van der Waals surface area contributed by atoms with Gasteiger partial charge >= 0.3 is 6.18 Å². The molecule has 6 nitrogen and oxygen atoms in total. The molecular formula is C24H21F3N6S. The molecule has 4 aromatic rings. The number of aromatic amines is 1. The van der Waals surface area contributed by atoms with Crippen LogP contribution < -0.4 is 4.90 Å². The first kappa shape index (κ1) is 21.4. The molecule has 0 aliphatic carbocycles. The Labute approximate surface area is 197 Å². The van der Waals surface area contributed by atoms with Crippen LogP contribution in [0.3, 0.4) is 0 Å². The number of alkyl halides is 3. The first-order valence-corrected chi connectivity index (χ1v) is 11.9. The second-order valence-corrected chi connectivity index (χ2v) is 10.6. The summed E-state index contributed by atoms with van der Waals surface area (Å²) < 4.78 is 38.5. The fraction of sp³-hybridized carbons (Fsp3) is 0.375. The smallest absolute Gasteiger partial charge is 0.355 e. The van der Waals surface area contributed by atoms with Gasteiger partial charge in [0.25, 0.3) is 0 Å². The molecule has 1 N–H and O–H groups in total. The number of anilines is 1. The molecule has 6 rings (SSSR count). The highest BCUT2D eigenvalue weighted by molar-refractivity contribution is 7.18. The van der Waals surface area contributed by atoms with Gasteiger partial charge in [-0.2, -0.15) is 18.4 Å². The van der Waals surface area contributed by atoms with E-state index in [1.807, 2.05) is 12.1 Å². The molecule has 0 atom stereocenters. The number of rotatable bonds is 4. The van der Waals surface area contributed by atoms with Gasteiger partial charge in [0.15, 0.2) is 0 Å². The van der Waals surface area contributed by atoms with Crippen molar-refractivity contribution in [2.45, 2.75) is 25.6 Å². The average molecular weight is 483 g/mol. The van der Waals surface area contributed by atoms with Crippen LogP contribution in [0.4, 0.5) is 19.0 Å². The van der Waals surface area contributed by atoms with Crippen molar-refractivity contribution < 1.29 is 13.2 Å². The first-order chi connectivity index (χ1) is 16.3. The largest absolute Gasteiger partial charge is 0.393 e. The monoisotopic (exact) mass is 482 g/mol. The Morgan fingerprint density at radius 2 is 2.00 bits per heavy atom. The summed E-state index contributed by atoms with van der Waals surface area (Å²) in [4.78, 5) is 17.3. The Balaban J connectivity index is 1.13. The molecule has 0 unspecified atom stereocenters. The number of hydrogen-bond acceptors (Lipinski definition) is 6. The van der Waals surface area contributed by atoms with Crippen LogP contribution in [-0.4, -0.2) is 52.2 Å². The van der Waals surface area contributed by atoms with Gasteiger partial charge in [-0.1, -0.05) is 12.1 Å². The molecule has 2 aliphatic heterocycles. The zero-order chi connectivity index (χ0) is 23.5. The lowest BCUT2D eigenvalue weighted by molar-refractivity contribution is -0.126. The fourth-order valence-corrected chi connectivity index (χ4v) is 6.38. The van der Waals surface area contributed by atoms with Gasteiger partial charge in [-0.05, 0) is 36.7 Å². The van der Waals surface area contributed by atoms with Crippen molar-refractivity contribution in [2.24, 2.45) is 5.41 Å². The van der Waals surface area contributed by atoms with E-state index in [0.29, 0.717) is 15.9 Å². The lowest BCUT2D eigenvalue weighted by atomic mass is 9.79. The molecule has 2 aliphatic rings. The maximum absolute atomic E-state index is 12.8. The van der Waals surface area contributed by atoms with Crippen LogP contribution in [0.1, 0.15) is 22.6 Å². The van der Waals surface area contributed by atoms with Gasteiger partial charge in [0.05, 0.1) is 11.8 Å². The molecule has 10 heteroatoms. The first-order valence-electron chi connectivity index (χ1n) is 11.1. The zero-order valence-electron chi connectivity index (χ0n) is 18.2. The Hall–Kier alpha value is -3.16. The number of nitriles is 1. The van der Waals surface area contributed by atoms with Crippen molar-refractivity contribution >= 4 is 38.3 Å². The van der Waals surface area contributed by atoms with E-state index in [1.165, 1.54) is 11.9 Å². The maximum Gasteiger partial charge on any atom is 0.393 e. The number of nitrogens with one attached hydrogen (secondary N) is 1. The third-order valence-corrected chi connectivity index (χ3v) is 7.86. The summed E-state index contributed by atoms with van der Waals surface area (Å²) in [5, 5.41) is 10.8. The van der Waals surface area contributed by atoms with Gasteiger partial charge in [-0.3, -0.25) is 4.90 Å². The molecule has 1 aromatic carbocycles.